The van der Waals surface area contributed by atoms with Crippen molar-refractivity contribution in [3.63, 3.8) is 0 Å². The number of halogens is 1. The van der Waals surface area contributed by atoms with Crippen molar-refractivity contribution in [3.05, 3.63) is 29.3 Å². The summed E-state index contributed by atoms with van der Waals surface area (Å²) in [6.07, 6.45) is 6.16. The highest BCUT2D eigenvalue weighted by molar-refractivity contribution is 7.89. The third kappa shape index (κ3) is 4.88. The Morgan fingerprint density at radius 2 is 1.52 bits per heavy atom. The maximum absolute atomic E-state index is 13.1. The van der Waals surface area contributed by atoms with Crippen molar-refractivity contribution >= 4 is 39.5 Å². The van der Waals surface area contributed by atoms with E-state index in [0.717, 1.165) is 37.0 Å². The van der Waals surface area contributed by atoms with Crippen LogP contribution in [0.25, 0.3) is 0 Å². The van der Waals surface area contributed by atoms with Gasteiger partial charge in [0.15, 0.2) is 0 Å². The molecule has 4 amide bonds. The predicted octanol–water partition coefficient (Wildman–Crippen LogP) is 2.21. The van der Waals surface area contributed by atoms with E-state index < -0.39 is 21.6 Å². The van der Waals surface area contributed by atoms with E-state index >= 15 is 0 Å². The monoisotopic (exact) mass is 496 g/mol. The largest absolute Gasteiger partial charge is 0.338 e. The first-order valence-corrected chi connectivity index (χ1v) is 13.2. The number of benzene rings is 1. The van der Waals surface area contributed by atoms with Crippen LogP contribution in [0, 0.1) is 0 Å². The number of hydrogen-bond acceptors (Lipinski definition) is 5. The zero-order valence-corrected chi connectivity index (χ0v) is 20.0. The number of carbonyl (C=O) groups is 3. The van der Waals surface area contributed by atoms with Crippen LogP contribution in [0.4, 0.5) is 4.79 Å². The van der Waals surface area contributed by atoms with Crippen LogP contribution in [0.15, 0.2) is 29.2 Å². The standard InChI is InChI=1S/C22H29ClN4O5S/c23-17-6-8-18(9-7-17)33(31,32)26-14-12-25(13-15-26)19(28)16-27-20(29)22(24-21(27)30)10-4-2-1-3-5-11-22/h6-9H,1-5,10-16H2,(H,24,30). The van der Waals surface area contributed by atoms with Crippen LogP contribution in [0.1, 0.15) is 44.9 Å². The second-order valence-electron chi connectivity index (χ2n) is 8.91. The second-order valence-corrected chi connectivity index (χ2v) is 11.3. The summed E-state index contributed by atoms with van der Waals surface area (Å²) in [5.74, 6) is -0.670. The third-order valence-corrected chi connectivity index (χ3v) is 8.95. The Bertz CT molecular complexity index is 1010. The Hall–Kier alpha value is -2.17. The van der Waals surface area contributed by atoms with E-state index in [0.29, 0.717) is 17.9 Å². The number of carbonyl (C=O) groups excluding carboxylic acids is 3. The number of nitrogens with zero attached hydrogens (tertiary/aromatic N) is 3. The van der Waals surface area contributed by atoms with Gasteiger partial charge in [-0.15, -0.1) is 0 Å². The van der Waals surface area contributed by atoms with Gasteiger partial charge in [0.25, 0.3) is 5.91 Å². The molecule has 33 heavy (non-hydrogen) atoms. The Labute approximate surface area is 199 Å². The lowest BCUT2D eigenvalue weighted by molar-refractivity contribution is -0.140. The molecule has 0 radical (unpaired) electrons. The summed E-state index contributed by atoms with van der Waals surface area (Å²) < 4.78 is 27.0. The maximum atomic E-state index is 13.1. The molecule has 4 rings (SSSR count). The first kappa shape index (κ1) is 24.0. The minimum absolute atomic E-state index is 0.140. The molecule has 0 unspecified atom stereocenters. The fraction of sp³-hybridized carbons (Fsp3) is 0.591. The van der Waals surface area contributed by atoms with Gasteiger partial charge in [0.1, 0.15) is 12.1 Å². The predicted molar refractivity (Wildman–Crippen MR) is 122 cm³/mol. The van der Waals surface area contributed by atoms with Gasteiger partial charge in [-0.25, -0.2) is 13.2 Å². The first-order chi connectivity index (χ1) is 15.7. The van der Waals surface area contributed by atoms with Gasteiger partial charge in [-0.2, -0.15) is 4.31 Å². The van der Waals surface area contributed by atoms with Crippen LogP contribution in [0.3, 0.4) is 0 Å². The molecule has 3 fully saturated rings. The van der Waals surface area contributed by atoms with Crippen LogP contribution in [0.2, 0.25) is 5.02 Å². The molecular weight excluding hydrogens is 468 g/mol. The average molecular weight is 497 g/mol. The number of sulfonamides is 1. The van der Waals surface area contributed by atoms with E-state index in [9.17, 15) is 22.8 Å². The van der Waals surface area contributed by atoms with Crippen molar-refractivity contribution < 1.29 is 22.8 Å². The van der Waals surface area contributed by atoms with Gasteiger partial charge in [-0.1, -0.05) is 43.7 Å². The Morgan fingerprint density at radius 1 is 0.939 bits per heavy atom. The van der Waals surface area contributed by atoms with Gasteiger partial charge in [-0.3, -0.25) is 14.5 Å². The number of piperazine rings is 1. The zero-order chi connectivity index (χ0) is 23.6. The summed E-state index contributed by atoms with van der Waals surface area (Å²) in [6.45, 7) is 0.346. The van der Waals surface area contributed by atoms with E-state index in [4.69, 9.17) is 11.6 Å². The van der Waals surface area contributed by atoms with E-state index in [-0.39, 0.29) is 49.4 Å². The fourth-order valence-electron chi connectivity index (χ4n) is 4.84. The number of urea groups is 1. The summed E-state index contributed by atoms with van der Waals surface area (Å²) in [6, 6.07) is 5.44. The molecule has 0 atom stereocenters. The van der Waals surface area contributed by atoms with Crippen LogP contribution in [0.5, 0.6) is 0 Å². The molecule has 180 valence electrons. The minimum Gasteiger partial charge on any atom is -0.338 e. The van der Waals surface area contributed by atoms with Crippen molar-refractivity contribution in [1.82, 2.24) is 19.4 Å². The second kappa shape index (κ2) is 9.60. The lowest BCUT2D eigenvalue weighted by Gasteiger charge is -2.34. The van der Waals surface area contributed by atoms with Gasteiger partial charge in [0, 0.05) is 31.2 Å². The highest BCUT2D eigenvalue weighted by Gasteiger charge is 2.51. The van der Waals surface area contributed by atoms with Gasteiger partial charge in [0.05, 0.1) is 4.90 Å². The minimum atomic E-state index is -3.68. The number of nitrogens with one attached hydrogen (secondary N) is 1. The summed E-state index contributed by atoms with van der Waals surface area (Å²) in [5.41, 5.74) is -0.886. The number of amides is 4. The molecule has 2 heterocycles. The average Bonchev–Trinajstić information content (AvgIpc) is 3.01. The van der Waals surface area contributed by atoms with E-state index in [1.54, 1.807) is 0 Å². The number of imide groups is 1. The van der Waals surface area contributed by atoms with Crippen molar-refractivity contribution in [2.75, 3.05) is 32.7 Å². The molecule has 0 bridgehead atoms. The van der Waals surface area contributed by atoms with Crippen molar-refractivity contribution in [3.8, 4) is 0 Å². The molecule has 1 saturated carbocycles. The highest BCUT2D eigenvalue weighted by Crippen LogP contribution is 2.32. The smallest absolute Gasteiger partial charge is 0.325 e. The van der Waals surface area contributed by atoms with Crippen LogP contribution in [-0.4, -0.2) is 78.6 Å². The van der Waals surface area contributed by atoms with E-state index in [1.165, 1.54) is 33.5 Å². The van der Waals surface area contributed by atoms with E-state index in [1.807, 2.05) is 0 Å². The zero-order valence-electron chi connectivity index (χ0n) is 18.5. The molecule has 9 nitrogen and oxygen atoms in total. The molecule has 0 aromatic heterocycles. The van der Waals surface area contributed by atoms with Gasteiger partial charge >= 0.3 is 6.03 Å². The molecule has 1 aromatic carbocycles. The van der Waals surface area contributed by atoms with Crippen LogP contribution < -0.4 is 5.32 Å². The van der Waals surface area contributed by atoms with Gasteiger partial charge < -0.3 is 10.2 Å². The number of rotatable bonds is 4. The maximum Gasteiger partial charge on any atom is 0.325 e. The van der Waals surface area contributed by atoms with Crippen molar-refractivity contribution in [2.24, 2.45) is 0 Å². The normalized spacial score (nSPS) is 22.2. The van der Waals surface area contributed by atoms with Gasteiger partial charge in [-0.05, 0) is 37.1 Å². The van der Waals surface area contributed by atoms with Crippen LogP contribution >= 0.6 is 11.6 Å². The Balaban J connectivity index is 1.36. The topological polar surface area (TPSA) is 107 Å². The molecule has 11 heteroatoms. The SMILES string of the molecule is O=C(CN1C(=O)NC2(CCCCCCC2)C1=O)N1CCN(S(=O)(=O)c2ccc(Cl)cc2)CC1. The molecule has 2 aliphatic heterocycles. The third-order valence-electron chi connectivity index (χ3n) is 6.79. The fourth-order valence-corrected chi connectivity index (χ4v) is 6.38. The Kier molecular flexibility index (Phi) is 6.97. The molecule has 1 N–H and O–H groups in total. The lowest BCUT2D eigenvalue weighted by atomic mass is 9.84. The quantitative estimate of drug-likeness (QED) is 0.643. The van der Waals surface area contributed by atoms with Crippen LogP contribution in [-0.2, 0) is 19.6 Å². The molecule has 1 aromatic rings. The summed E-state index contributed by atoms with van der Waals surface area (Å²) in [4.78, 5) is 41.2. The molecule has 1 spiro atoms. The lowest BCUT2D eigenvalue weighted by Crippen LogP contribution is -2.53. The number of hydrogen-bond donors (Lipinski definition) is 1. The first-order valence-electron chi connectivity index (χ1n) is 11.4. The summed E-state index contributed by atoms with van der Waals surface area (Å²) >= 11 is 5.85. The van der Waals surface area contributed by atoms with E-state index in [2.05, 4.69) is 5.32 Å². The summed E-state index contributed by atoms with van der Waals surface area (Å²) in [5, 5.41) is 3.31. The summed E-state index contributed by atoms with van der Waals surface area (Å²) in [7, 11) is -3.68. The highest BCUT2D eigenvalue weighted by atomic mass is 35.5. The molecule has 1 aliphatic carbocycles. The van der Waals surface area contributed by atoms with Gasteiger partial charge in [0.2, 0.25) is 15.9 Å². The Morgan fingerprint density at radius 3 is 2.12 bits per heavy atom. The van der Waals surface area contributed by atoms with Crippen molar-refractivity contribution in [2.45, 2.75) is 55.4 Å². The molecular formula is C22H29ClN4O5S. The molecule has 3 aliphatic rings. The molecule has 2 saturated heterocycles. The van der Waals surface area contributed by atoms with Crippen molar-refractivity contribution in [1.29, 1.82) is 0 Å².